The van der Waals surface area contributed by atoms with E-state index in [4.69, 9.17) is 16.7 Å². The van der Waals surface area contributed by atoms with Crippen LogP contribution in [0.5, 0.6) is 0 Å². The van der Waals surface area contributed by atoms with Crippen LogP contribution in [-0.4, -0.2) is 19.5 Å². The number of benzene rings is 1. The summed E-state index contributed by atoms with van der Waals surface area (Å²) in [6.45, 7) is 0. The topological polar surface area (TPSA) is 71.4 Å². The molecule has 6 heteroatoms. The van der Waals surface area contributed by atoms with E-state index in [9.17, 15) is 13.2 Å². The second-order valence-electron chi connectivity index (χ2n) is 2.64. The summed E-state index contributed by atoms with van der Waals surface area (Å²) in [6.07, 6.45) is 0.573. The number of carbonyl (C=O) groups is 1. The first kappa shape index (κ1) is 11.7. The van der Waals surface area contributed by atoms with Crippen molar-refractivity contribution in [2.45, 2.75) is 4.90 Å². The molecule has 1 rings (SSSR count). The molecule has 0 heterocycles. The van der Waals surface area contributed by atoms with Crippen molar-refractivity contribution in [2.24, 2.45) is 0 Å². The minimum atomic E-state index is -3.69. The molecule has 0 radical (unpaired) electrons. The highest BCUT2D eigenvalue weighted by molar-refractivity contribution is 7.94. The highest BCUT2D eigenvalue weighted by Crippen LogP contribution is 2.15. The molecule has 0 unspecified atom stereocenters. The third-order valence-electron chi connectivity index (χ3n) is 1.53. The van der Waals surface area contributed by atoms with Crippen LogP contribution in [0.1, 0.15) is 0 Å². The van der Waals surface area contributed by atoms with Crippen LogP contribution in [0.25, 0.3) is 0 Å². The number of hydrogen-bond acceptors (Lipinski definition) is 3. The molecule has 0 spiro atoms. The highest BCUT2D eigenvalue weighted by Gasteiger charge is 2.10. The molecule has 0 aliphatic carbocycles. The summed E-state index contributed by atoms with van der Waals surface area (Å²) >= 11 is 5.58. The SMILES string of the molecule is O=C(O)/C=C\S(=O)(=O)c1ccc(Cl)cc1. The van der Waals surface area contributed by atoms with E-state index < -0.39 is 15.8 Å². The van der Waals surface area contributed by atoms with Crippen LogP contribution in [-0.2, 0) is 14.6 Å². The minimum Gasteiger partial charge on any atom is -0.478 e. The van der Waals surface area contributed by atoms with Gasteiger partial charge in [-0.25, -0.2) is 13.2 Å². The lowest BCUT2D eigenvalue weighted by atomic mass is 10.4. The highest BCUT2D eigenvalue weighted by atomic mass is 35.5. The van der Waals surface area contributed by atoms with Gasteiger partial charge in [-0.1, -0.05) is 11.6 Å². The smallest absolute Gasteiger partial charge is 0.329 e. The maximum Gasteiger partial charge on any atom is 0.329 e. The van der Waals surface area contributed by atoms with Gasteiger partial charge in [0.15, 0.2) is 9.84 Å². The zero-order valence-electron chi connectivity index (χ0n) is 7.42. The maximum atomic E-state index is 11.5. The van der Waals surface area contributed by atoms with Crippen LogP contribution in [0.4, 0.5) is 0 Å². The van der Waals surface area contributed by atoms with Gasteiger partial charge in [0.2, 0.25) is 0 Å². The molecule has 0 saturated heterocycles. The van der Waals surface area contributed by atoms with Crippen molar-refractivity contribution in [1.82, 2.24) is 0 Å². The zero-order valence-corrected chi connectivity index (χ0v) is 8.99. The second-order valence-corrected chi connectivity index (χ2v) is 4.91. The van der Waals surface area contributed by atoms with Crippen molar-refractivity contribution < 1.29 is 18.3 Å². The summed E-state index contributed by atoms with van der Waals surface area (Å²) in [7, 11) is -3.69. The summed E-state index contributed by atoms with van der Waals surface area (Å²) in [5.41, 5.74) is 0. The molecule has 0 atom stereocenters. The normalized spacial score (nSPS) is 11.8. The first-order chi connectivity index (χ1) is 6.92. The molecule has 0 saturated carbocycles. The fourth-order valence-corrected chi connectivity index (χ4v) is 1.94. The lowest BCUT2D eigenvalue weighted by Crippen LogP contribution is -1.97. The Morgan fingerprint density at radius 1 is 1.27 bits per heavy atom. The molecule has 0 fully saturated rings. The van der Waals surface area contributed by atoms with Crippen LogP contribution in [0.3, 0.4) is 0 Å². The Morgan fingerprint density at radius 2 is 1.80 bits per heavy atom. The van der Waals surface area contributed by atoms with Gasteiger partial charge in [-0.2, -0.15) is 0 Å². The molecule has 1 aromatic rings. The summed E-state index contributed by atoms with van der Waals surface area (Å²) in [5.74, 6) is -1.31. The van der Waals surface area contributed by atoms with Crippen LogP contribution in [0, 0.1) is 0 Å². The molecule has 15 heavy (non-hydrogen) atoms. The average molecular weight is 247 g/mol. The van der Waals surface area contributed by atoms with Crippen molar-refractivity contribution in [3.05, 3.63) is 40.8 Å². The van der Waals surface area contributed by atoms with Gasteiger partial charge in [0.1, 0.15) is 0 Å². The number of halogens is 1. The van der Waals surface area contributed by atoms with Gasteiger partial charge in [0.25, 0.3) is 0 Å². The average Bonchev–Trinajstić information content (AvgIpc) is 2.16. The maximum absolute atomic E-state index is 11.5. The predicted molar refractivity (Wildman–Crippen MR) is 55.4 cm³/mol. The van der Waals surface area contributed by atoms with E-state index in [1.165, 1.54) is 24.3 Å². The van der Waals surface area contributed by atoms with Crippen molar-refractivity contribution in [3.8, 4) is 0 Å². The standard InChI is InChI=1S/C9H7ClO4S/c10-7-1-3-8(4-2-7)15(13,14)6-5-9(11)12/h1-6H,(H,11,12)/b6-5-. The van der Waals surface area contributed by atoms with Crippen molar-refractivity contribution in [1.29, 1.82) is 0 Å². The number of carboxylic acids is 1. The number of carboxylic acid groups (broad SMARTS) is 1. The summed E-state index contributed by atoms with van der Waals surface area (Å²) < 4.78 is 22.9. The van der Waals surface area contributed by atoms with E-state index in [2.05, 4.69) is 0 Å². The molecular formula is C9H7ClO4S. The van der Waals surface area contributed by atoms with Crippen molar-refractivity contribution >= 4 is 27.4 Å². The number of sulfone groups is 1. The molecule has 0 aliphatic heterocycles. The van der Waals surface area contributed by atoms with Crippen LogP contribution in [0.15, 0.2) is 40.6 Å². The lowest BCUT2D eigenvalue weighted by Gasteiger charge is -1.97. The number of hydrogen-bond donors (Lipinski definition) is 1. The third-order valence-corrected chi connectivity index (χ3v) is 3.21. The molecular weight excluding hydrogens is 240 g/mol. The van der Waals surface area contributed by atoms with Gasteiger partial charge >= 0.3 is 5.97 Å². The van der Waals surface area contributed by atoms with Gasteiger partial charge in [-0.15, -0.1) is 0 Å². The summed E-state index contributed by atoms with van der Waals surface area (Å²) in [6, 6.07) is 5.46. The van der Waals surface area contributed by atoms with E-state index in [1.54, 1.807) is 0 Å². The Bertz CT molecular complexity index is 487. The minimum absolute atomic E-state index is 0.00407. The van der Waals surface area contributed by atoms with E-state index in [-0.39, 0.29) is 4.90 Å². The lowest BCUT2D eigenvalue weighted by molar-refractivity contribution is -0.131. The Labute approximate surface area is 91.7 Å². The molecule has 0 aliphatic rings. The van der Waals surface area contributed by atoms with Crippen LogP contribution >= 0.6 is 11.6 Å². The monoisotopic (exact) mass is 246 g/mol. The van der Waals surface area contributed by atoms with Crippen LogP contribution in [0.2, 0.25) is 5.02 Å². The van der Waals surface area contributed by atoms with Gasteiger partial charge < -0.3 is 5.11 Å². The predicted octanol–water partition coefficient (Wildman–Crippen LogP) is 1.71. The summed E-state index contributed by atoms with van der Waals surface area (Å²) in [5, 5.41) is 9.35. The molecule has 0 aromatic heterocycles. The van der Waals surface area contributed by atoms with Gasteiger partial charge in [-0.3, -0.25) is 0 Å². The Kier molecular flexibility index (Phi) is 3.49. The third kappa shape index (κ3) is 3.38. The molecule has 80 valence electrons. The Balaban J connectivity index is 3.07. The van der Waals surface area contributed by atoms with Gasteiger partial charge in [-0.05, 0) is 24.3 Å². The molecule has 1 N–H and O–H groups in total. The summed E-state index contributed by atoms with van der Waals surface area (Å²) in [4.78, 5) is 10.2. The molecule has 0 bridgehead atoms. The fraction of sp³-hybridized carbons (Fsp3) is 0. The Morgan fingerprint density at radius 3 is 2.27 bits per heavy atom. The largest absolute Gasteiger partial charge is 0.478 e. The second kappa shape index (κ2) is 4.46. The van der Waals surface area contributed by atoms with E-state index in [1.807, 2.05) is 0 Å². The number of rotatable bonds is 3. The van der Waals surface area contributed by atoms with Crippen molar-refractivity contribution in [2.75, 3.05) is 0 Å². The first-order valence-corrected chi connectivity index (χ1v) is 5.76. The Hall–Kier alpha value is -1.33. The molecule has 0 amide bonds. The zero-order chi connectivity index (χ0) is 11.5. The van der Waals surface area contributed by atoms with E-state index in [0.717, 1.165) is 0 Å². The van der Waals surface area contributed by atoms with E-state index in [0.29, 0.717) is 16.5 Å². The van der Waals surface area contributed by atoms with E-state index >= 15 is 0 Å². The number of aliphatic carboxylic acids is 1. The van der Waals surface area contributed by atoms with Gasteiger partial charge in [0, 0.05) is 16.5 Å². The van der Waals surface area contributed by atoms with Gasteiger partial charge in [0.05, 0.1) is 4.90 Å². The molecule has 1 aromatic carbocycles. The fourth-order valence-electron chi connectivity index (χ4n) is 0.851. The van der Waals surface area contributed by atoms with Crippen LogP contribution < -0.4 is 0 Å². The quantitative estimate of drug-likeness (QED) is 0.825. The van der Waals surface area contributed by atoms with Crippen molar-refractivity contribution in [3.63, 3.8) is 0 Å². The molecule has 4 nitrogen and oxygen atoms in total. The first-order valence-electron chi connectivity index (χ1n) is 3.83.